The fraction of sp³-hybridized carbons (Fsp3) is 0.280. The molecule has 0 saturated carbocycles. The zero-order valence-corrected chi connectivity index (χ0v) is 17.7. The molecule has 6 nitrogen and oxygen atoms in total. The van der Waals surface area contributed by atoms with Gasteiger partial charge in [-0.25, -0.2) is 9.59 Å². The molecule has 3 aromatic carbocycles. The van der Waals surface area contributed by atoms with E-state index in [4.69, 9.17) is 18.9 Å². The number of esters is 2. The maximum Gasteiger partial charge on any atom is 0.350 e. The Morgan fingerprint density at radius 3 is 2.48 bits per heavy atom. The lowest BCUT2D eigenvalue weighted by molar-refractivity contribution is -0.158. The van der Waals surface area contributed by atoms with Crippen LogP contribution in [0.25, 0.3) is 10.8 Å². The molecule has 1 saturated heterocycles. The summed E-state index contributed by atoms with van der Waals surface area (Å²) in [5.74, 6) is -0.737. The van der Waals surface area contributed by atoms with Crippen LogP contribution in [0.15, 0.2) is 60.7 Å². The molecule has 0 unspecified atom stereocenters. The second kappa shape index (κ2) is 8.40. The number of aryl methyl sites for hydroxylation is 1. The topological polar surface area (TPSA) is 74.4 Å². The Hall–Kier alpha value is -3.38. The number of carbonyl (C=O) groups excluding carboxylic acids is 2. The third kappa shape index (κ3) is 4.39. The molecule has 1 heterocycles. The van der Waals surface area contributed by atoms with E-state index in [1.54, 1.807) is 13.0 Å². The van der Waals surface area contributed by atoms with Gasteiger partial charge in [-0.3, -0.25) is 0 Å². The summed E-state index contributed by atoms with van der Waals surface area (Å²) >= 11 is 0. The van der Waals surface area contributed by atoms with Gasteiger partial charge in [-0.05, 0) is 47.9 Å². The second-order valence-electron chi connectivity index (χ2n) is 7.82. The standard InChI is InChI=1S/C25H24O6/c1-16-8-7-11-19-20(16)12-18(28-3)13-21(19)23(26)31-22(25(2)15-30-25)24(27)29-14-17-9-5-4-6-10-17/h4-13,22H,14-15H2,1-3H3/t22-,25+/m0/s1. The predicted octanol–water partition coefficient (Wildman–Crippen LogP) is 4.21. The predicted molar refractivity (Wildman–Crippen MR) is 115 cm³/mol. The van der Waals surface area contributed by atoms with Crippen LogP contribution < -0.4 is 4.74 Å². The van der Waals surface area contributed by atoms with Crippen molar-refractivity contribution in [3.8, 4) is 5.75 Å². The molecule has 0 aromatic heterocycles. The number of hydrogen-bond acceptors (Lipinski definition) is 6. The van der Waals surface area contributed by atoms with Gasteiger partial charge in [0.1, 0.15) is 18.0 Å². The van der Waals surface area contributed by atoms with Crippen LogP contribution in [-0.2, 0) is 25.6 Å². The summed E-state index contributed by atoms with van der Waals surface area (Å²) in [5, 5.41) is 1.61. The molecule has 2 atom stereocenters. The highest BCUT2D eigenvalue weighted by Crippen LogP contribution is 2.35. The van der Waals surface area contributed by atoms with Gasteiger partial charge in [0.25, 0.3) is 0 Å². The van der Waals surface area contributed by atoms with Gasteiger partial charge in [0.05, 0.1) is 19.3 Å². The van der Waals surface area contributed by atoms with Crippen molar-refractivity contribution in [3.05, 3.63) is 77.4 Å². The van der Waals surface area contributed by atoms with E-state index in [9.17, 15) is 9.59 Å². The van der Waals surface area contributed by atoms with Gasteiger partial charge in [0.2, 0.25) is 6.10 Å². The second-order valence-corrected chi connectivity index (χ2v) is 7.82. The molecule has 1 aliphatic heterocycles. The third-order valence-corrected chi connectivity index (χ3v) is 5.46. The number of benzene rings is 3. The van der Waals surface area contributed by atoms with Crippen LogP contribution in [0.3, 0.4) is 0 Å². The highest BCUT2D eigenvalue weighted by molar-refractivity contribution is 6.06. The van der Waals surface area contributed by atoms with E-state index in [0.717, 1.165) is 21.9 Å². The summed E-state index contributed by atoms with van der Waals surface area (Å²) in [4.78, 5) is 26.0. The maximum absolute atomic E-state index is 13.2. The van der Waals surface area contributed by atoms with Crippen LogP contribution in [0.2, 0.25) is 0 Å². The van der Waals surface area contributed by atoms with Crippen molar-refractivity contribution < 1.29 is 28.5 Å². The third-order valence-electron chi connectivity index (χ3n) is 5.46. The molecular formula is C25H24O6. The van der Waals surface area contributed by atoms with E-state index in [-0.39, 0.29) is 6.61 Å². The average Bonchev–Trinajstić information content (AvgIpc) is 3.54. The number of carbonyl (C=O) groups is 2. The molecule has 0 aliphatic carbocycles. The van der Waals surface area contributed by atoms with Gasteiger partial charge in [0, 0.05) is 0 Å². The molecule has 0 amide bonds. The van der Waals surface area contributed by atoms with Gasteiger partial charge in [0.15, 0.2) is 0 Å². The van der Waals surface area contributed by atoms with E-state index in [1.807, 2.05) is 61.5 Å². The molecule has 1 fully saturated rings. The summed E-state index contributed by atoms with van der Waals surface area (Å²) in [6.07, 6.45) is -1.17. The van der Waals surface area contributed by atoms with Crippen molar-refractivity contribution in [2.75, 3.05) is 13.7 Å². The van der Waals surface area contributed by atoms with E-state index in [0.29, 0.717) is 17.9 Å². The van der Waals surface area contributed by atoms with Crippen molar-refractivity contribution in [1.82, 2.24) is 0 Å². The number of fused-ring (bicyclic) bond motifs is 1. The summed E-state index contributed by atoms with van der Waals surface area (Å²) in [7, 11) is 1.54. The smallest absolute Gasteiger partial charge is 0.350 e. The van der Waals surface area contributed by atoms with Crippen molar-refractivity contribution >= 4 is 22.7 Å². The summed E-state index contributed by atoms with van der Waals surface area (Å²) in [5.41, 5.74) is 1.27. The van der Waals surface area contributed by atoms with Crippen LogP contribution in [0, 0.1) is 6.92 Å². The Bertz CT molecular complexity index is 1120. The first-order valence-electron chi connectivity index (χ1n) is 10.0. The van der Waals surface area contributed by atoms with E-state index < -0.39 is 23.6 Å². The number of rotatable bonds is 7. The molecule has 160 valence electrons. The summed E-state index contributed by atoms with van der Waals surface area (Å²) in [6.45, 7) is 4.08. The quantitative estimate of drug-likeness (QED) is 0.421. The maximum atomic E-state index is 13.2. The van der Waals surface area contributed by atoms with Gasteiger partial charge >= 0.3 is 11.9 Å². The van der Waals surface area contributed by atoms with Crippen LogP contribution >= 0.6 is 0 Å². The lowest BCUT2D eigenvalue weighted by Gasteiger charge is -2.21. The fourth-order valence-corrected chi connectivity index (χ4v) is 3.46. The molecule has 0 N–H and O–H groups in total. The number of hydrogen-bond donors (Lipinski definition) is 0. The number of ether oxygens (including phenoxy) is 4. The minimum atomic E-state index is -1.17. The Morgan fingerprint density at radius 1 is 1.06 bits per heavy atom. The van der Waals surface area contributed by atoms with Gasteiger partial charge in [-0.2, -0.15) is 0 Å². The van der Waals surface area contributed by atoms with Crippen molar-refractivity contribution in [1.29, 1.82) is 0 Å². The normalized spacial score (nSPS) is 18.3. The van der Waals surface area contributed by atoms with Gasteiger partial charge < -0.3 is 18.9 Å². The van der Waals surface area contributed by atoms with Crippen LogP contribution in [0.5, 0.6) is 5.75 Å². The summed E-state index contributed by atoms with van der Waals surface area (Å²) in [6, 6.07) is 18.5. The molecular weight excluding hydrogens is 396 g/mol. The molecule has 6 heteroatoms. The van der Waals surface area contributed by atoms with Crippen molar-refractivity contribution in [2.24, 2.45) is 0 Å². The zero-order chi connectivity index (χ0) is 22.0. The Labute approximate surface area is 180 Å². The Kier molecular flexibility index (Phi) is 5.65. The van der Waals surface area contributed by atoms with Gasteiger partial charge in [-0.15, -0.1) is 0 Å². The highest BCUT2D eigenvalue weighted by Gasteiger charge is 2.54. The molecule has 3 aromatic rings. The Balaban J connectivity index is 1.59. The monoisotopic (exact) mass is 420 g/mol. The first-order valence-corrected chi connectivity index (χ1v) is 10.0. The molecule has 0 bridgehead atoms. The zero-order valence-electron chi connectivity index (χ0n) is 17.7. The molecule has 0 spiro atoms. The lowest BCUT2D eigenvalue weighted by Crippen LogP contribution is -2.40. The van der Waals surface area contributed by atoms with Crippen molar-refractivity contribution in [3.63, 3.8) is 0 Å². The van der Waals surface area contributed by atoms with E-state index >= 15 is 0 Å². The van der Waals surface area contributed by atoms with E-state index in [2.05, 4.69) is 0 Å². The average molecular weight is 420 g/mol. The van der Waals surface area contributed by atoms with E-state index in [1.165, 1.54) is 7.11 Å². The van der Waals surface area contributed by atoms with Gasteiger partial charge in [-0.1, -0.05) is 48.5 Å². The van der Waals surface area contributed by atoms with Crippen molar-refractivity contribution in [2.45, 2.75) is 32.2 Å². The largest absolute Gasteiger partial charge is 0.497 e. The first-order chi connectivity index (χ1) is 14.9. The number of epoxide rings is 1. The molecule has 4 rings (SSSR count). The molecule has 31 heavy (non-hydrogen) atoms. The van der Waals surface area contributed by atoms with Crippen LogP contribution in [0.4, 0.5) is 0 Å². The molecule has 1 aliphatic rings. The molecule has 0 radical (unpaired) electrons. The Morgan fingerprint density at radius 2 is 1.81 bits per heavy atom. The fourth-order valence-electron chi connectivity index (χ4n) is 3.46. The highest BCUT2D eigenvalue weighted by atomic mass is 16.7. The lowest BCUT2D eigenvalue weighted by atomic mass is 10.00. The SMILES string of the molecule is COc1cc(C(=O)O[C@@H](C(=O)OCc2ccccc2)[C@@]2(C)CO2)c2cccc(C)c2c1. The minimum Gasteiger partial charge on any atom is -0.497 e. The first kappa shape index (κ1) is 20.9. The number of methoxy groups -OCH3 is 1. The summed E-state index contributed by atoms with van der Waals surface area (Å²) < 4.78 is 21.9. The minimum absolute atomic E-state index is 0.0884. The van der Waals surface area contributed by atoms with Crippen LogP contribution in [0.1, 0.15) is 28.4 Å². The van der Waals surface area contributed by atoms with Crippen LogP contribution in [-0.4, -0.2) is 37.4 Å².